The van der Waals surface area contributed by atoms with Crippen LogP contribution in [0.3, 0.4) is 0 Å². The third-order valence-corrected chi connectivity index (χ3v) is 6.09. The van der Waals surface area contributed by atoms with Gasteiger partial charge >= 0.3 is 0 Å². The molecule has 0 saturated carbocycles. The maximum absolute atomic E-state index is 13.2. The zero-order valence-corrected chi connectivity index (χ0v) is 17.5. The molecule has 162 valence electrons. The van der Waals surface area contributed by atoms with Crippen molar-refractivity contribution in [1.82, 2.24) is 14.6 Å². The molecule has 32 heavy (non-hydrogen) atoms. The van der Waals surface area contributed by atoms with Crippen LogP contribution in [0.1, 0.15) is 28.5 Å². The second kappa shape index (κ2) is 7.56. The van der Waals surface area contributed by atoms with Crippen LogP contribution in [0, 0.1) is 0 Å². The molecule has 1 atom stereocenters. The normalized spacial score (nSPS) is 21.1. The van der Waals surface area contributed by atoms with Crippen molar-refractivity contribution in [3.05, 3.63) is 100 Å². The largest absolute Gasteiger partial charge is 0.502 e. The number of amides is 1. The number of nitrogens with zero attached hydrogens (tertiary/aromatic N) is 4. The first kappa shape index (κ1) is 19.9. The van der Waals surface area contributed by atoms with Crippen LogP contribution in [-0.2, 0) is 5.54 Å². The third kappa shape index (κ3) is 2.95. The second-order valence-electron chi connectivity index (χ2n) is 7.88. The van der Waals surface area contributed by atoms with Gasteiger partial charge in [-0.05, 0) is 25.1 Å². The van der Waals surface area contributed by atoms with Crippen LogP contribution < -0.4 is 15.2 Å². The molecule has 4 heterocycles. The molecule has 2 aromatic heterocycles. The van der Waals surface area contributed by atoms with Crippen LogP contribution in [0.5, 0.6) is 11.5 Å². The molecule has 5 rings (SSSR count). The molecule has 0 radical (unpaired) electrons. The van der Waals surface area contributed by atoms with Crippen molar-refractivity contribution in [2.75, 3.05) is 24.8 Å². The summed E-state index contributed by atoms with van der Waals surface area (Å²) in [5.74, 6) is -0.284. The van der Waals surface area contributed by atoms with Crippen LogP contribution in [-0.4, -0.2) is 45.4 Å². The Balaban J connectivity index is 1.85. The van der Waals surface area contributed by atoms with Gasteiger partial charge in [0.05, 0.1) is 0 Å². The van der Waals surface area contributed by atoms with E-state index in [4.69, 9.17) is 4.74 Å². The zero-order chi connectivity index (χ0) is 22.3. The van der Waals surface area contributed by atoms with E-state index in [0.717, 1.165) is 11.1 Å². The fourth-order valence-corrected chi connectivity index (χ4v) is 4.36. The minimum absolute atomic E-state index is 0.0649. The Morgan fingerprint density at radius 1 is 1.09 bits per heavy atom. The minimum atomic E-state index is -0.857. The zero-order valence-electron chi connectivity index (χ0n) is 17.5. The highest BCUT2D eigenvalue weighted by Gasteiger charge is 2.44. The lowest BCUT2D eigenvalue weighted by Crippen LogP contribution is -2.61. The van der Waals surface area contributed by atoms with Gasteiger partial charge in [0.1, 0.15) is 24.6 Å². The SMILES string of the molecule is C[C@@]1(c2cccnc2)c2ccccc2OC/C=C\CN2CN1n1ccc(=O)c(O)c1C2=O. The van der Waals surface area contributed by atoms with Crippen molar-refractivity contribution in [3.63, 3.8) is 0 Å². The van der Waals surface area contributed by atoms with Gasteiger partial charge in [-0.3, -0.25) is 24.3 Å². The monoisotopic (exact) mass is 430 g/mol. The Labute approximate surface area is 184 Å². The van der Waals surface area contributed by atoms with Gasteiger partial charge in [-0.25, -0.2) is 0 Å². The molecular formula is C24H22N4O4. The predicted molar refractivity (Wildman–Crippen MR) is 118 cm³/mol. The van der Waals surface area contributed by atoms with E-state index >= 15 is 0 Å². The third-order valence-electron chi connectivity index (χ3n) is 6.09. The summed E-state index contributed by atoms with van der Waals surface area (Å²) in [6.07, 6.45) is 8.71. The summed E-state index contributed by atoms with van der Waals surface area (Å²) in [5.41, 5.74) is 0.205. The van der Waals surface area contributed by atoms with E-state index in [1.807, 2.05) is 60.5 Å². The average molecular weight is 430 g/mol. The van der Waals surface area contributed by atoms with Crippen LogP contribution in [0.4, 0.5) is 0 Å². The molecule has 1 amide bonds. The summed E-state index contributed by atoms with van der Waals surface area (Å²) in [4.78, 5) is 31.4. The van der Waals surface area contributed by atoms with Gasteiger partial charge in [0, 0.05) is 42.3 Å². The van der Waals surface area contributed by atoms with E-state index in [-0.39, 0.29) is 12.4 Å². The number of carbonyl (C=O) groups excluding carboxylic acids is 1. The van der Waals surface area contributed by atoms with Gasteiger partial charge in [0.15, 0.2) is 11.4 Å². The highest BCUT2D eigenvalue weighted by atomic mass is 16.5. The topological polar surface area (TPSA) is 87.9 Å². The molecular weight excluding hydrogens is 408 g/mol. The van der Waals surface area contributed by atoms with Gasteiger partial charge in [-0.1, -0.05) is 30.3 Å². The van der Waals surface area contributed by atoms with Gasteiger partial charge in [-0.15, -0.1) is 0 Å². The molecule has 0 aliphatic carbocycles. The molecule has 0 saturated heterocycles. The lowest BCUT2D eigenvalue weighted by Gasteiger charge is -2.49. The fourth-order valence-electron chi connectivity index (χ4n) is 4.36. The standard InChI is InChI=1S/C24H22N4O4/c1-24(17-7-6-11-25-15-17)18-8-2-3-9-20(18)32-14-5-4-12-26-16-28(24)27-13-10-19(29)22(30)21(27)23(26)31/h2-11,13,15,30H,12,14,16H2,1H3/b5-4-/t24-/m1/s1. The number of hydrogen-bond acceptors (Lipinski definition) is 6. The summed E-state index contributed by atoms with van der Waals surface area (Å²) in [5, 5.41) is 12.5. The van der Waals surface area contributed by atoms with Gasteiger partial charge in [-0.2, -0.15) is 0 Å². The summed E-state index contributed by atoms with van der Waals surface area (Å²) in [6.45, 7) is 2.89. The molecule has 0 unspecified atom stereocenters. The molecule has 8 heteroatoms. The van der Waals surface area contributed by atoms with Gasteiger partial charge in [0.25, 0.3) is 5.91 Å². The van der Waals surface area contributed by atoms with Crippen LogP contribution in [0.25, 0.3) is 0 Å². The van der Waals surface area contributed by atoms with E-state index in [1.54, 1.807) is 22.0 Å². The first-order chi connectivity index (χ1) is 15.5. The van der Waals surface area contributed by atoms with Crippen molar-refractivity contribution >= 4 is 5.91 Å². The molecule has 1 N–H and O–H groups in total. The van der Waals surface area contributed by atoms with Crippen molar-refractivity contribution in [1.29, 1.82) is 0 Å². The summed E-state index contributed by atoms with van der Waals surface area (Å²) in [7, 11) is 0. The number of fused-ring (bicyclic) bond motifs is 5. The van der Waals surface area contributed by atoms with Crippen LogP contribution >= 0.6 is 0 Å². The number of pyridine rings is 2. The number of hydrogen-bond donors (Lipinski definition) is 1. The molecule has 2 aliphatic heterocycles. The summed E-state index contributed by atoms with van der Waals surface area (Å²) >= 11 is 0. The molecule has 3 aromatic rings. The first-order valence-electron chi connectivity index (χ1n) is 10.3. The number of rotatable bonds is 1. The highest BCUT2D eigenvalue weighted by molar-refractivity contribution is 5.96. The molecule has 0 spiro atoms. The number of para-hydroxylation sites is 1. The number of carbonyl (C=O) groups is 1. The maximum Gasteiger partial charge on any atom is 0.278 e. The molecule has 0 fully saturated rings. The van der Waals surface area contributed by atoms with Crippen molar-refractivity contribution in [2.24, 2.45) is 0 Å². The number of benzene rings is 1. The van der Waals surface area contributed by atoms with Crippen LogP contribution in [0.2, 0.25) is 0 Å². The predicted octanol–water partition coefficient (Wildman–Crippen LogP) is 2.21. The van der Waals surface area contributed by atoms with E-state index < -0.39 is 22.6 Å². The fraction of sp³-hybridized carbons (Fsp3) is 0.208. The lowest BCUT2D eigenvalue weighted by molar-refractivity contribution is 0.0685. The lowest BCUT2D eigenvalue weighted by atomic mass is 9.84. The van der Waals surface area contributed by atoms with E-state index in [0.29, 0.717) is 18.9 Å². The molecule has 2 bridgehead atoms. The van der Waals surface area contributed by atoms with E-state index in [2.05, 4.69) is 4.98 Å². The van der Waals surface area contributed by atoms with Gasteiger partial charge < -0.3 is 14.7 Å². The first-order valence-corrected chi connectivity index (χ1v) is 10.3. The quantitative estimate of drug-likeness (QED) is 0.596. The van der Waals surface area contributed by atoms with E-state index in [9.17, 15) is 14.7 Å². The average Bonchev–Trinajstić information content (AvgIpc) is 2.84. The van der Waals surface area contributed by atoms with Crippen LogP contribution in [0.15, 0.2) is 78.0 Å². The maximum atomic E-state index is 13.2. The van der Waals surface area contributed by atoms with Crippen molar-refractivity contribution < 1.29 is 14.6 Å². The number of ether oxygens (including phenoxy) is 1. The Hall–Kier alpha value is -4.07. The molecule has 2 aliphatic rings. The van der Waals surface area contributed by atoms with Crippen molar-refractivity contribution in [3.8, 4) is 11.5 Å². The summed E-state index contributed by atoms with van der Waals surface area (Å²) in [6, 6.07) is 12.8. The highest BCUT2D eigenvalue weighted by Crippen LogP contribution is 2.41. The Morgan fingerprint density at radius 2 is 1.94 bits per heavy atom. The van der Waals surface area contributed by atoms with E-state index in [1.165, 1.54) is 12.3 Å². The molecule has 8 nitrogen and oxygen atoms in total. The molecule has 1 aromatic carbocycles. The number of aromatic hydroxyl groups is 1. The smallest absolute Gasteiger partial charge is 0.278 e. The van der Waals surface area contributed by atoms with Crippen molar-refractivity contribution in [2.45, 2.75) is 12.5 Å². The minimum Gasteiger partial charge on any atom is -0.502 e. The number of aromatic nitrogens is 2. The second-order valence-corrected chi connectivity index (χ2v) is 7.88. The Kier molecular flexibility index (Phi) is 4.70. The Morgan fingerprint density at radius 3 is 2.75 bits per heavy atom. The van der Waals surface area contributed by atoms with Gasteiger partial charge in [0.2, 0.25) is 5.43 Å². The summed E-state index contributed by atoms with van der Waals surface area (Å²) < 4.78 is 7.67. The Bertz CT molecular complexity index is 1270.